The van der Waals surface area contributed by atoms with Crippen molar-refractivity contribution in [2.24, 2.45) is 0 Å². The summed E-state index contributed by atoms with van der Waals surface area (Å²) < 4.78 is 25.9. The van der Waals surface area contributed by atoms with Crippen molar-refractivity contribution < 1.29 is 13.6 Å². The van der Waals surface area contributed by atoms with Gasteiger partial charge in [0.1, 0.15) is 11.6 Å². The van der Waals surface area contributed by atoms with Crippen LogP contribution in [0, 0.1) is 11.6 Å². The van der Waals surface area contributed by atoms with Crippen LogP contribution in [0.1, 0.15) is 25.3 Å². The summed E-state index contributed by atoms with van der Waals surface area (Å²) in [4.78, 5) is 11.6. The van der Waals surface area contributed by atoms with Crippen LogP contribution in [0.25, 0.3) is 0 Å². The molecule has 1 unspecified atom stereocenters. The summed E-state index contributed by atoms with van der Waals surface area (Å²) >= 11 is 0. The first-order valence-corrected chi connectivity index (χ1v) is 6.03. The minimum Gasteiger partial charge on any atom is -0.352 e. The smallest absolute Gasteiger partial charge is 0.237 e. The second-order valence-electron chi connectivity index (χ2n) is 4.66. The molecule has 0 bridgehead atoms. The predicted octanol–water partition coefficient (Wildman–Crippen LogP) is 1.72. The highest BCUT2D eigenvalue weighted by atomic mass is 19.1. The van der Waals surface area contributed by atoms with Crippen molar-refractivity contribution >= 4 is 5.91 Å². The summed E-state index contributed by atoms with van der Waals surface area (Å²) in [6.45, 7) is 1.99. The molecule has 2 rings (SSSR count). The van der Waals surface area contributed by atoms with Gasteiger partial charge < -0.3 is 10.6 Å². The van der Waals surface area contributed by atoms with E-state index in [0.717, 1.165) is 18.9 Å². The van der Waals surface area contributed by atoms with Gasteiger partial charge in [-0.25, -0.2) is 8.78 Å². The number of hydrogen-bond donors (Lipinski definition) is 2. The van der Waals surface area contributed by atoms with E-state index in [4.69, 9.17) is 0 Å². The van der Waals surface area contributed by atoms with Gasteiger partial charge in [0.15, 0.2) is 0 Å². The lowest BCUT2D eigenvalue weighted by Gasteiger charge is -2.13. The van der Waals surface area contributed by atoms with Crippen LogP contribution in [0.5, 0.6) is 0 Å². The summed E-state index contributed by atoms with van der Waals surface area (Å²) in [5.41, 5.74) is 0.485. The summed E-state index contributed by atoms with van der Waals surface area (Å²) in [5.74, 6) is -1.29. The molecule has 3 nitrogen and oxygen atoms in total. The molecule has 1 amide bonds. The van der Waals surface area contributed by atoms with Gasteiger partial charge in [0.25, 0.3) is 0 Å². The van der Waals surface area contributed by atoms with Crippen molar-refractivity contribution in [3.05, 3.63) is 35.4 Å². The maximum Gasteiger partial charge on any atom is 0.237 e. The SMILES string of the molecule is CC(NCc1cc(F)cc(F)c1)C(=O)NC1CC1. The Morgan fingerprint density at radius 3 is 2.50 bits per heavy atom. The number of nitrogens with one attached hydrogen (secondary N) is 2. The molecule has 0 heterocycles. The highest BCUT2D eigenvalue weighted by Gasteiger charge is 2.25. The Morgan fingerprint density at radius 1 is 1.33 bits per heavy atom. The number of hydrogen-bond acceptors (Lipinski definition) is 2. The number of carbonyl (C=O) groups excluding carboxylic acids is 1. The molecule has 0 aromatic heterocycles. The molecule has 1 fully saturated rings. The topological polar surface area (TPSA) is 41.1 Å². The molecule has 0 aliphatic heterocycles. The van der Waals surface area contributed by atoms with Gasteiger partial charge in [0.05, 0.1) is 6.04 Å². The molecule has 18 heavy (non-hydrogen) atoms. The van der Waals surface area contributed by atoms with Crippen LogP contribution in [0.15, 0.2) is 18.2 Å². The fourth-order valence-corrected chi connectivity index (χ4v) is 1.63. The molecule has 5 heteroatoms. The van der Waals surface area contributed by atoms with Gasteiger partial charge in [-0.1, -0.05) is 0 Å². The number of amides is 1. The third-order valence-corrected chi connectivity index (χ3v) is 2.85. The van der Waals surface area contributed by atoms with Gasteiger partial charge in [-0.3, -0.25) is 4.79 Å². The molecule has 1 atom stereocenters. The molecule has 0 radical (unpaired) electrons. The van der Waals surface area contributed by atoms with Gasteiger partial charge in [0.2, 0.25) is 5.91 Å². The van der Waals surface area contributed by atoms with Crippen LogP contribution < -0.4 is 10.6 Å². The maximum atomic E-state index is 12.9. The lowest BCUT2D eigenvalue weighted by Crippen LogP contribution is -2.42. The van der Waals surface area contributed by atoms with Crippen molar-refractivity contribution in [1.82, 2.24) is 10.6 Å². The van der Waals surface area contributed by atoms with Crippen LogP contribution in [0.2, 0.25) is 0 Å². The van der Waals surface area contributed by atoms with E-state index in [9.17, 15) is 13.6 Å². The van der Waals surface area contributed by atoms with E-state index in [1.54, 1.807) is 6.92 Å². The predicted molar refractivity (Wildman–Crippen MR) is 63.8 cm³/mol. The zero-order valence-electron chi connectivity index (χ0n) is 10.2. The second kappa shape index (κ2) is 5.44. The average Bonchev–Trinajstić information content (AvgIpc) is 3.08. The zero-order valence-corrected chi connectivity index (χ0v) is 10.2. The minimum absolute atomic E-state index is 0.0747. The quantitative estimate of drug-likeness (QED) is 0.840. The number of rotatable bonds is 5. The Bertz CT molecular complexity index is 426. The van der Waals surface area contributed by atoms with Crippen LogP contribution in [0.4, 0.5) is 8.78 Å². The largest absolute Gasteiger partial charge is 0.352 e. The van der Waals surface area contributed by atoms with E-state index in [2.05, 4.69) is 10.6 Å². The molecular weight excluding hydrogens is 238 g/mol. The van der Waals surface area contributed by atoms with Crippen molar-refractivity contribution in [3.63, 3.8) is 0 Å². The van der Waals surface area contributed by atoms with E-state index in [1.165, 1.54) is 12.1 Å². The maximum absolute atomic E-state index is 12.9. The molecule has 1 aromatic rings. The molecule has 2 N–H and O–H groups in total. The Balaban J connectivity index is 1.83. The molecule has 0 spiro atoms. The molecule has 98 valence electrons. The lowest BCUT2D eigenvalue weighted by molar-refractivity contribution is -0.122. The first kappa shape index (κ1) is 13.0. The Kier molecular flexibility index (Phi) is 3.91. The van der Waals surface area contributed by atoms with Crippen molar-refractivity contribution in [3.8, 4) is 0 Å². The molecular formula is C13H16F2N2O. The van der Waals surface area contributed by atoms with E-state index in [1.807, 2.05) is 0 Å². The Labute approximate surface area is 105 Å². The molecule has 0 saturated heterocycles. The summed E-state index contributed by atoms with van der Waals surface area (Å²) in [7, 11) is 0. The fraction of sp³-hybridized carbons (Fsp3) is 0.462. The fourth-order valence-electron chi connectivity index (χ4n) is 1.63. The van der Waals surface area contributed by atoms with Crippen LogP contribution >= 0.6 is 0 Å². The van der Waals surface area contributed by atoms with E-state index >= 15 is 0 Å². The summed E-state index contributed by atoms with van der Waals surface area (Å²) in [6.07, 6.45) is 2.07. The number of carbonyl (C=O) groups is 1. The lowest BCUT2D eigenvalue weighted by atomic mass is 10.2. The third-order valence-electron chi connectivity index (χ3n) is 2.85. The second-order valence-corrected chi connectivity index (χ2v) is 4.66. The minimum atomic E-state index is -0.609. The van der Waals surface area contributed by atoms with Crippen LogP contribution in [-0.2, 0) is 11.3 Å². The van der Waals surface area contributed by atoms with Gasteiger partial charge in [0, 0.05) is 18.7 Å². The first-order valence-electron chi connectivity index (χ1n) is 6.03. The first-order chi connectivity index (χ1) is 8.54. The molecule has 1 aliphatic carbocycles. The molecule has 1 aliphatic rings. The molecule has 1 saturated carbocycles. The van der Waals surface area contributed by atoms with Gasteiger partial charge in [-0.05, 0) is 37.5 Å². The van der Waals surface area contributed by atoms with Gasteiger partial charge >= 0.3 is 0 Å². The van der Waals surface area contributed by atoms with Gasteiger partial charge in [-0.2, -0.15) is 0 Å². The average molecular weight is 254 g/mol. The number of halogens is 2. The van der Waals surface area contributed by atoms with E-state index in [0.29, 0.717) is 11.6 Å². The normalized spacial score (nSPS) is 16.4. The highest BCUT2D eigenvalue weighted by molar-refractivity contribution is 5.81. The summed E-state index contributed by atoms with van der Waals surface area (Å²) in [6, 6.07) is 3.26. The van der Waals surface area contributed by atoms with E-state index in [-0.39, 0.29) is 18.5 Å². The summed E-state index contributed by atoms with van der Waals surface area (Å²) in [5, 5.41) is 5.80. The van der Waals surface area contributed by atoms with Crippen LogP contribution in [0.3, 0.4) is 0 Å². The number of benzene rings is 1. The van der Waals surface area contributed by atoms with Crippen molar-refractivity contribution in [2.75, 3.05) is 0 Å². The van der Waals surface area contributed by atoms with Crippen molar-refractivity contribution in [2.45, 2.75) is 38.4 Å². The standard InChI is InChI=1S/C13H16F2N2O/c1-8(13(18)17-12-2-3-12)16-7-9-4-10(14)6-11(15)5-9/h4-6,8,12,16H,2-3,7H2,1H3,(H,17,18). The third kappa shape index (κ3) is 3.77. The highest BCUT2D eigenvalue weighted by Crippen LogP contribution is 2.18. The monoisotopic (exact) mass is 254 g/mol. The van der Waals surface area contributed by atoms with Crippen molar-refractivity contribution in [1.29, 1.82) is 0 Å². The zero-order chi connectivity index (χ0) is 13.1. The Morgan fingerprint density at radius 2 is 1.94 bits per heavy atom. The molecule has 1 aromatic carbocycles. The van der Waals surface area contributed by atoms with Gasteiger partial charge in [-0.15, -0.1) is 0 Å². The van der Waals surface area contributed by atoms with Crippen LogP contribution in [-0.4, -0.2) is 18.0 Å². The van der Waals surface area contributed by atoms with E-state index < -0.39 is 11.6 Å². The Hall–Kier alpha value is -1.49.